The zero-order valence-corrected chi connectivity index (χ0v) is 2.60. The van der Waals surface area contributed by atoms with Gasteiger partial charge in [0.1, 0.15) is 0 Å². The quantitative estimate of drug-likeness (QED) is 0.499. The number of aliphatic hydroxyl groups is 1. The summed E-state index contributed by atoms with van der Waals surface area (Å²) < 4.78 is 20.5. The third-order valence-corrected chi connectivity index (χ3v) is 0.152. The Bertz CT molecular complexity index is 28.0. The topological polar surface area (TPSA) is 38.7 Å². The van der Waals surface area contributed by atoms with Gasteiger partial charge in [0, 0.05) is 0 Å². The second kappa shape index (κ2) is 2.95. The summed E-state index contributed by atoms with van der Waals surface area (Å²) in [6.45, 7) is -2.40. The molecule has 0 aromatic heterocycles. The number of rotatable bonds is 2. The zero-order valence-electron chi connectivity index (χ0n) is 2.60. The molecule has 0 aliphatic heterocycles. The van der Waals surface area contributed by atoms with Gasteiger partial charge in [0.25, 0.3) is 0 Å². The second-order valence-corrected chi connectivity index (χ2v) is 0.485. The molecule has 0 aromatic rings. The molecular formula is CH2F2O3. The number of hydrogen-bond donors (Lipinski definition) is 1. The van der Waals surface area contributed by atoms with E-state index in [4.69, 9.17) is 5.11 Å². The first-order valence-corrected chi connectivity index (χ1v) is 1.04. The summed E-state index contributed by atoms with van der Waals surface area (Å²) in [5.74, 6) is 0. The molecular weight excluding hydrogens is 98.0 g/mol. The molecule has 5 heteroatoms. The molecule has 0 fully saturated rings. The first kappa shape index (κ1) is 5.74. The van der Waals surface area contributed by atoms with Crippen molar-refractivity contribution in [2.24, 2.45) is 0 Å². The summed E-state index contributed by atoms with van der Waals surface area (Å²) >= 11 is 0. The van der Waals surface area contributed by atoms with E-state index >= 15 is 0 Å². The first-order chi connectivity index (χ1) is 2.81. The zero-order chi connectivity index (χ0) is 4.99. The van der Waals surface area contributed by atoms with Gasteiger partial charge in [0.15, 0.2) is 0 Å². The lowest BCUT2D eigenvalue weighted by Crippen LogP contribution is -2.05. The SMILES string of the molecule is OC(OF)OF. The van der Waals surface area contributed by atoms with E-state index in [9.17, 15) is 9.05 Å². The standard InChI is InChI=1S/CH2F2O3/c2-5-1(4)6-3/h1,4H. The fourth-order valence-corrected chi connectivity index (χ4v) is 0.0137. The highest BCUT2D eigenvalue weighted by molar-refractivity contribution is 3.88. The maximum Gasteiger partial charge on any atom is 0.337 e. The van der Waals surface area contributed by atoms with Crippen molar-refractivity contribution < 1.29 is 24.0 Å². The Hall–Kier alpha value is -0.260. The summed E-state index contributed by atoms with van der Waals surface area (Å²) in [5.41, 5.74) is 0. The number of halogens is 2. The minimum Gasteiger partial charge on any atom is -0.342 e. The van der Waals surface area contributed by atoms with Crippen LogP contribution in [0.3, 0.4) is 0 Å². The van der Waals surface area contributed by atoms with Gasteiger partial charge in [-0.25, -0.2) is 0 Å². The van der Waals surface area contributed by atoms with Crippen molar-refractivity contribution in [1.82, 2.24) is 0 Å². The van der Waals surface area contributed by atoms with E-state index in [0.29, 0.717) is 0 Å². The Morgan fingerprint density at radius 3 is 1.67 bits per heavy atom. The lowest BCUT2D eigenvalue weighted by Gasteiger charge is -1.91. The molecule has 0 unspecified atom stereocenters. The molecule has 6 heavy (non-hydrogen) atoms. The van der Waals surface area contributed by atoms with Gasteiger partial charge in [-0.2, -0.15) is 0 Å². The molecule has 0 heterocycles. The van der Waals surface area contributed by atoms with Crippen LogP contribution in [0.25, 0.3) is 0 Å². The van der Waals surface area contributed by atoms with Gasteiger partial charge in [0.2, 0.25) is 0 Å². The van der Waals surface area contributed by atoms with Crippen molar-refractivity contribution in [3.8, 4) is 0 Å². The van der Waals surface area contributed by atoms with E-state index in [1.807, 2.05) is 0 Å². The normalized spacial score (nSPS) is 10.0. The summed E-state index contributed by atoms with van der Waals surface area (Å²) in [4.78, 5) is 4.72. The third-order valence-electron chi connectivity index (χ3n) is 0.152. The summed E-state index contributed by atoms with van der Waals surface area (Å²) in [7, 11) is 0. The van der Waals surface area contributed by atoms with Gasteiger partial charge in [-0.1, -0.05) is 0 Å². The summed E-state index contributed by atoms with van der Waals surface area (Å²) in [6.07, 6.45) is 0. The lowest BCUT2D eigenvalue weighted by molar-refractivity contribution is -0.420. The van der Waals surface area contributed by atoms with Crippen LogP contribution in [0.5, 0.6) is 0 Å². The highest BCUT2D eigenvalue weighted by Gasteiger charge is 1.99. The molecule has 0 aromatic carbocycles. The van der Waals surface area contributed by atoms with Crippen molar-refractivity contribution in [1.29, 1.82) is 0 Å². The van der Waals surface area contributed by atoms with Gasteiger partial charge >= 0.3 is 6.48 Å². The molecule has 0 atom stereocenters. The van der Waals surface area contributed by atoms with Crippen LogP contribution in [0.4, 0.5) is 9.05 Å². The van der Waals surface area contributed by atoms with Crippen molar-refractivity contribution >= 4 is 0 Å². The third kappa shape index (κ3) is 2.01. The second-order valence-electron chi connectivity index (χ2n) is 0.485. The minimum atomic E-state index is -2.40. The Balaban J connectivity index is 2.75. The van der Waals surface area contributed by atoms with E-state index in [1.165, 1.54) is 0 Å². The Morgan fingerprint density at radius 1 is 1.33 bits per heavy atom. The van der Waals surface area contributed by atoms with Gasteiger partial charge in [-0.05, 0) is 9.05 Å². The highest BCUT2D eigenvalue weighted by atomic mass is 19.3. The van der Waals surface area contributed by atoms with Crippen LogP contribution in [-0.2, 0) is 9.88 Å². The van der Waals surface area contributed by atoms with Crippen LogP contribution in [0, 0.1) is 0 Å². The molecule has 0 bridgehead atoms. The van der Waals surface area contributed by atoms with E-state index in [1.54, 1.807) is 0 Å². The summed E-state index contributed by atoms with van der Waals surface area (Å²) in [6, 6.07) is 0. The largest absolute Gasteiger partial charge is 0.342 e. The van der Waals surface area contributed by atoms with Crippen LogP contribution in [-0.4, -0.2) is 11.6 Å². The van der Waals surface area contributed by atoms with Crippen molar-refractivity contribution in [3.63, 3.8) is 0 Å². The maximum atomic E-state index is 10.3. The van der Waals surface area contributed by atoms with E-state index < -0.39 is 6.48 Å². The maximum absolute atomic E-state index is 10.3. The van der Waals surface area contributed by atoms with Crippen LogP contribution in [0.2, 0.25) is 0 Å². The van der Waals surface area contributed by atoms with Gasteiger partial charge < -0.3 is 5.11 Å². The van der Waals surface area contributed by atoms with E-state index in [-0.39, 0.29) is 0 Å². The molecule has 0 rings (SSSR count). The first-order valence-electron chi connectivity index (χ1n) is 1.04. The molecule has 0 amide bonds. The molecule has 0 spiro atoms. The van der Waals surface area contributed by atoms with Gasteiger partial charge in [-0.3, -0.25) is 0 Å². The molecule has 0 aliphatic rings. The Morgan fingerprint density at radius 2 is 1.67 bits per heavy atom. The molecule has 0 radical (unpaired) electrons. The predicted octanol–water partition coefficient (Wildman–Crippen LogP) is 0.0645. The van der Waals surface area contributed by atoms with Crippen LogP contribution in [0.1, 0.15) is 0 Å². The Labute approximate surface area is 31.9 Å². The lowest BCUT2D eigenvalue weighted by atomic mass is 11.4. The average molecular weight is 100 g/mol. The van der Waals surface area contributed by atoms with Crippen LogP contribution in [0.15, 0.2) is 0 Å². The van der Waals surface area contributed by atoms with E-state index in [2.05, 4.69) is 9.88 Å². The molecule has 0 aliphatic carbocycles. The Kier molecular flexibility index (Phi) is 2.82. The van der Waals surface area contributed by atoms with E-state index in [0.717, 1.165) is 0 Å². The summed E-state index contributed by atoms with van der Waals surface area (Å²) in [5, 5.41) is 7.47. The average Bonchev–Trinajstić information content (AvgIpc) is 1.65. The highest BCUT2D eigenvalue weighted by Crippen LogP contribution is 1.87. The fraction of sp³-hybridized carbons (Fsp3) is 1.00. The fourth-order valence-electron chi connectivity index (χ4n) is 0.0137. The van der Waals surface area contributed by atoms with Crippen LogP contribution >= 0.6 is 0 Å². The molecule has 1 N–H and O–H groups in total. The number of aliphatic hydroxyl groups excluding tert-OH is 1. The van der Waals surface area contributed by atoms with Gasteiger partial charge in [-0.15, -0.1) is 9.88 Å². The smallest absolute Gasteiger partial charge is 0.337 e. The number of hydrogen-bond acceptors (Lipinski definition) is 3. The minimum absolute atomic E-state index is 2.36. The molecule has 0 saturated heterocycles. The van der Waals surface area contributed by atoms with Crippen LogP contribution < -0.4 is 0 Å². The van der Waals surface area contributed by atoms with Gasteiger partial charge in [0.05, 0.1) is 0 Å². The van der Waals surface area contributed by atoms with Crippen molar-refractivity contribution in [3.05, 3.63) is 0 Å². The predicted molar refractivity (Wildman–Crippen MR) is 10.4 cm³/mol. The van der Waals surface area contributed by atoms with Crippen molar-refractivity contribution in [2.75, 3.05) is 0 Å². The molecule has 38 valence electrons. The monoisotopic (exact) mass is 100.0 g/mol. The molecule has 0 saturated carbocycles. The van der Waals surface area contributed by atoms with Crippen molar-refractivity contribution in [2.45, 2.75) is 6.48 Å². The molecule has 3 nitrogen and oxygen atoms in total.